The SMILES string of the molecule is O=C1CCCC1C1CCCCN1S(=O)(=O)NCC(F)(F)F. The summed E-state index contributed by atoms with van der Waals surface area (Å²) in [6.45, 7) is -1.42. The Labute approximate surface area is 122 Å². The van der Waals surface area contributed by atoms with Crippen molar-refractivity contribution in [3.05, 3.63) is 0 Å². The number of carbonyl (C=O) groups excluding carboxylic acids is 1. The first kappa shape index (κ1) is 16.7. The number of alkyl halides is 3. The van der Waals surface area contributed by atoms with Crippen LogP contribution in [0.4, 0.5) is 13.2 Å². The molecule has 2 unspecified atom stereocenters. The molecule has 0 aromatic rings. The standard InChI is InChI=1S/C12H19F3N2O3S/c13-12(14,15)8-16-21(19,20)17-7-2-1-5-10(17)9-4-3-6-11(9)18/h9-10,16H,1-8H2. The monoisotopic (exact) mass is 328 g/mol. The first-order valence-corrected chi connectivity index (χ1v) is 8.50. The van der Waals surface area contributed by atoms with Gasteiger partial charge in [-0.1, -0.05) is 6.42 Å². The molecule has 21 heavy (non-hydrogen) atoms. The van der Waals surface area contributed by atoms with Crippen molar-refractivity contribution in [1.29, 1.82) is 0 Å². The van der Waals surface area contributed by atoms with E-state index in [9.17, 15) is 26.4 Å². The number of Topliss-reactive ketones (excluding diaryl/α,β-unsaturated/α-hetero) is 1. The van der Waals surface area contributed by atoms with E-state index in [-0.39, 0.29) is 18.2 Å². The zero-order valence-corrected chi connectivity index (χ0v) is 12.3. The van der Waals surface area contributed by atoms with Crippen LogP contribution in [0.3, 0.4) is 0 Å². The quantitative estimate of drug-likeness (QED) is 0.852. The zero-order valence-electron chi connectivity index (χ0n) is 11.5. The molecule has 5 nitrogen and oxygen atoms in total. The second kappa shape index (κ2) is 6.21. The van der Waals surface area contributed by atoms with Crippen molar-refractivity contribution in [1.82, 2.24) is 9.03 Å². The number of nitrogens with one attached hydrogen (secondary N) is 1. The fourth-order valence-electron chi connectivity index (χ4n) is 3.14. The number of carbonyl (C=O) groups is 1. The Bertz CT molecular complexity index is 492. The van der Waals surface area contributed by atoms with E-state index in [1.165, 1.54) is 0 Å². The van der Waals surface area contributed by atoms with Gasteiger partial charge < -0.3 is 0 Å². The van der Waals surface area contributed by atoms with Crippen molar-refractivity contribution < 1.29 is 26.4 Å². The highest BCUT2D eigenvalue weighted by Crippen LogP contribution is 2.33. The highest BCUT2D eigenvalue weighted by molar-refractivity contribution is 7.87. The fraction of sp³-hybridized carbons (Fsp3) is 0.917. The van der Waals surface area contributed by atoms with E-state index in [2.05, 4.69) is 0 Å². The predicted octanol–water partition coefficient (Wildman–Crippen LogP) is 1.61. The van der Waals surface area contributed by atoms with Crippen LogP contribution in [0.25, 0.3) is 0 Å². The van der Waals surface area contributed by atoms with Gasteiger partial charge in [-0.25, -0.2) is 0 Å². The Morgan fingerprint density at radius 3 is 2.48 bits per heavy atom. The summed E-state index contributed by atoms with van der Waals surface area (Å²) >= 11 is 0. The maximum absolute atomic E-state index is 12.2. The molecule has 0 bridgehead atoms. The van der Waals surface area contributed by atoms with Crippen molar-refractivity contribution in [3.8, 4) is 0 Å². The number of hydrogen-bond acceptors (Lipinski definition) is 3. The summed E-state index contributed by atoms with van der Waals surface area (Å²) in [6, 6.07) is -0.500. The lowest BCUT2D eigenvalue weighted by Crippen LogP contribution is -2.53. The second-order valence-corrected chi connectivity index (χ2v) is 7.29. The summed E-state index contributed by atoms with van der Waals surface area (Å²) in [5, 5.41) is 0. The molecule has 1 aliphatic carbocycles. The minimum Gasteiger partial charge on any atom is -0.299 e. The first-order chi connectivity index (χ1) is 9.71. The van der Waals surface area contributed by atoms with Crippen molar-refractivity contribution in [2.75, 3.05) is 13.1 Å². The Morgan fingerprint density at radius 1 is 1.19 bits per heavy atom. The van der Waals surface area contributed by atoms with Crippen molar-refractivity contribution >= 4 is 16.0 Å². The molecule has 0 aromatic carbocycles. The van der Waals surface area contributed by atoms with E-state index < -0.39 is 29.0 Å². The van der Waals surface area contributed by atoms with Crippen LogP contribution in [0.15, 0.2) is 0 Å². The molecular formula is C12H19F3N2O3S. The molecule has 0 aromatic heterocycles. The molecule has 1 heterocycles. The normalized spacial score (nSPS) is 29.0. The van der Waals surface area contributed by atoms with E-state index in [0.717, 1.165) is 17.1 Å². The topological polar surface area (TPSA) is 66.5 Å². The third-order valence-corrected chi connectivity index (χ3v) is 5.66. The zero-order chi connectivity index (χ0) is 15.7. The van der Waals surface area contributed by atoms with Gasteiger partial charge >= 0.3 is 6.18 Å². The average Bonchev–Trinajstić information content (AvgIpc) is 2.82. The third kappa shape index (κ3) is 4.17. The summed E-state index contributed by atoms with van der Waals surface area (Å²) in [4.78, 5) is 11.8. The van der Waals surface area contributed by atoms with Crippen LogP contribution >= 0.6 is 0 Å². The third-order valence-electron chi connectivity index (χ3n) is 4.08. The largest absolute Gasteiger partial charge is 0.402 e. The number of halogens is 3. The molecule has 2 aliphatic rings. The molecule has 2 fully saturated rings. The lowest BCUT2D eigenvalue weighted by atomic mass is 9.90. The molecule has 2 rings (SSSR count). The van der Waals surface area contributed by atoms with Gasteiger partial charge in [-0.2, -0.15) is 30.6 Å². The Kier molecular flexibility index (Phi) is 4.94. The second-order valence-electron chi connectivity index (χ2n) is 5.58. The number of ketones is 1. The number of piperidine rings is 1. The van der Waals surface area contributed by atoms with Crippen molar-refractivity contribution in [2.45, 2.75) is 50.7 Å². The van der Waals surface area contributed by atoms with Gasteiger partial charge in [-0.15, -0.1) is 0 Å². The van der Waals surface area contributed by atoms with Gasteiger partial charge in [-0.05, 0) is 25.7 Å². The van der Waals surface area contributed by atoms with Crippen LogP contribution in [-0.2, 0) is 15.0 Å². The molecule has 1 aliphatic heterocycles. The van der Waals surface area contributed by atoms with E-state index in [0.29, 0.717) is 25.7 Å². The summed E-state index contributed by atoms with van der Waals surface area (Å²) in [5.41, 5.74) is 0. The van der Waals surface area contributed by atoms with Crippen molar-refractivity contribution in [2.24, 2.45) is 5.92 Å². The highest BCUT2D eigenvalue weighted by atomic mass is 32.2. The molecule has 0 radical (unpaired) electrons. The van der Waals surface area contributed by atoms with Crippen molar-refractivity contribution in [3.63, 3.8) is 0 Å². The minimum atomic E-state index is -4.60. The summed E-state index contributed by atoms with van der Waals surface area (Å²) in [6.07, 6.45) is -0.890. The maximum Gasteiger partial charge on any atom is 0.402 e. The van der Waals surface area contributed by atoms with Gasteiger partial charge in [0, 0.05) is 24.9 Å². The van der Waals surface area contributed by atoms with Crippen LogP contribution in [-0.4, -0.2) is 43.8 Å². The molecule has 1 N–H and O–H groups in total. The summed E-state index contributed by atoms with van der Waals surface area (Å²) in [5.74, 6) is -0.342. The van der Waals surface area contributed by atoms with Gasteiger partial charge in [0.15, 0.2) is 0 Å². The average molecular weight is 328 g/mol. The van der Waals surface area contributed by atoms with Crippen LogP contribution < -0.4 is 4.72 Å². The Hall–Kier alpha value is -0.670. The van der Waals surface area contributed by atoms with E-state index >= 15 is 0 Å². The maximum atomic E-state index is 12.2. The number of rotatable bonds is 4. The molecule has 9 heteroatoms. The summed E-state index contributed by atoms with van der Waals surface area (Å²) in [7, 11) is -4.22. The molecule has 0 spiro atoms. The van der Waals surface area contributed by atoms with Crippen LogP contribution in [0.2, 0.25) is 0 Å². The summed E-state index contributed by atoms with van der Waals surface area (Å²) < 4.78 is 63.5. The van der Waals surface area contributed by atoms with E-state index in [1.54, 1.807) is 4.72 Å². The Balaban J connectivity index is 2.12. The van der Waals surface area contributed by atoms with E-state index in [4.69, 9.17) is 0 Å². The van der Waals surface area contributed by atoms with E-state index in [1.807, 2.05) is 0 Å². The van der Waals surface area contributed by atoms with Gasteiger partial charge in [0.2, 0.25) is 0 Å². The van der Waals surface area contributed by atoms with Gasteiger partial charge in [-0.3, -0.25) is 4.79 Å². The number of nitrogens with zero attached hydrogens (tertiary/aromatic N) is 1. The van der Waals surface area contributed by atoms with Crippen LogP contribution in [0.5, 0.6) is 0 Å². The fourth-order valence-corrected chi connectivity index (χ4v) is 4.63. The lowest BCUT2D eigenvalue weighted by Gasteiger charge is -2.37. The first-order valence-electron chi connectivity index (χ1n) is 7.06. The van der Waals surface area contributed by atoms with Gasteiger partial charge in [0.05, 0.1) is 0 Å². The molecular weight excluding hydrogens is 309 g/mol. The van der Waals surface area contributed by atoms with Crippen LogP contribution in [0, 0.1) is 5.92 Å². The van der Waals surface area contributed by atoms with Crippen LogP contribution in [0.1, 0.15) is 38.5 Å². The van der Waals surface area contributed by atoms with Gasteiger partial charge in [0.1, 0.15) is 12.3 Å². The minimum absolute atomic E-state index is 0.0259. The predicted molar refractivity (Wildman–Crippen MR) is 69.7 cm³/mol. The smallest absolute Gasteiger partial charge is 0.299 e. The lowest BCUT2D eigenvalue weighted by molar-refractivity contribution is -0.123. The highest BCUT2D eigenvalue weighted by Gasteiger charge is 2.42. The molecule has 1 saturated heterocycles. The Morgan fingerprint density at radius 2 is 1.90 bits per heavy atom. The molecule has 0 amide bonds. The van der Waals surface area contributed by atoms with Gasteiger partial charge in [0.25, 0.3) is 10.2 Å². The molecule has 2 atom stereocenters. The molecule has 122 valence electrons. The molecule has 1 saturated carbocycles. The number of hydrogen-bond donors (Lipinski definition) is 1.